The van der Waals surface area contributed by atoms with E-state index in [1.54, 1.807) is 24.3 Å². The highest BCUT2D eigenvalue weighted by atomic mass is 16.5. The molecular formula is C16H23N3O4. The van der Waals surface area contributed by atoms with Gasteiger partial charge in [-0.2, -0.15) is 0 Å². The summed E-state index contributed by atoms with van der Waals surface area (Å²) in [5, 5.41) is 11.0. The van der Waals surface area contributed by atoms with Gasteiger partial charge in [-0.15, -0.1) is 0 Å². The van der Waals surface area contributed by atoms with Gasteiger partial charge in [0.05, 0.1) is 6.61 Å². The second-order valence-electron chi connectivity index (χ2n) is 6.33. The maximum atomic E-state index is 12.1. The average molecular weight is 321 g/mol. The zero-order valence-corrected chi connectivity index (χ0v) is 13.6. The van der Waals surface area contributed by atoms with Gasteiger partial charge in [-0.05, 0) is 29.7 Å². The summed E-state index contributed by atoms with van der Waals surface area (Å²) in [7, 11) is 0. The summed E-state index contributed by atoms with van der Waals surface area (Å²) in [4.78, 5) is 23.5. The van der Waals surface area contributed by atoms with Gasteiger partial charge in [-0.25, -0.2) is 5.48 Å². The topological polar surface area (TPSA) is 114 Å². The standard InChI is InChI=1S/C16H23N3O4/c1-10(17)13(15(21)19-22)18-14(20)11-5-7-12(8-6-11)23-9-16(2,3)4/h5-8,13,22H,1,9,17H2,2-4H3,(H,18,20)(H,19,21). The molecule has 1 rings (SSSR count). The lowest BCUT2D eigenvalue weighted by Crippen LogP contribution is -2.48. The number of nitrogens with two attached hydrogens (primary N) is 1. The predicted molar refractivity (Wildman–Crippen MR) is 85.9 cm³/mol. The normalized spacial score (nSPS) is 12.2. The number of hydrogen-bond acceptors (Lipinski definition) is 5. The van der Waals surface area contributed by atoms with Gasteiger partial charge in [-0.3, -0.25) is 14.8 Å². The van der Waals surface area contributed by atoms with Gasteiger partial charge >= 0.3 is 0 Å². The van der Waals surface area contributed by atoms with E-state index in [0.717, 1.165) is 0 Å². The Morgan fingerprint density at radius 3 is 2.30 bits per heavy atom. The molecule has 0 saturated carbocycles. The second kappa shape index (κ2) is 7.64. The van der Waals surface area contributed by atoms with E-state index < -0.39 is 17.9 Å². The first-order chi connectivity index (χ1) is 10.6. The van der Waals surface area contributed by atoms with Crippen molar-refractivity contribution in [3.8, 4) is 5.75 Å². The SMILES string of the molecule is C=C(N)C(NC(=O)c1ccc(OCC(C)(C)C)cc1)C(=O)NO. The Kier molecular flexibility index (Phi) is 6.15. The maximum absolute atomic E-state index is 12.1. The fourth-order valence-corrected chi connectivity index (χ4v) is 1.61. The van der Waals surface area contributed by atoms with Crippen LogP contribution in [0.1, 0.15) is 31.1 Å². The summed E-state index contributed by atoms with van der Waals surface area (Å²) < 4.78 is 5.62. The zero-order chi connectivity index (χ0) is 17.6. The summed E-state index contributed by atoms with van der Waals surface area (Å²) in [5.74, 6) is -0.743. The Morgan fingerprint density at radius 2 is 1.87 bits per heavy atom. The summed E-state index contributed by atoms with van der Waals surface area (Å²) >= 11 is 0. The molecule has 0 bridgehead atoms. The first kappa shape index (κ1) is 18.5. The highest BCUT2D eigenvalue weighted by molar-refractivity contribution is 5.98. The van der Waals surface area contributed by atoms with Crippen LogP contribution in [0.3, 0.4) is 0 Å². The highest BCUT2D eigenvalue weighted by Crippen LogP contribution is 2.18. The molecular weight excluding hydrogens is 298 g/mol. The third kappa shape index (κ3) is 5.99. The van der Waals surface area contributed by atoms with Crippen molar-refractivity contribution >= 4 is 11.8 Å². The lowest BCUT2D eigenvalue weighted by atomic mass is 9.99. The maximum Gasteiger partial charge on any atom is 0.272 e. The average Bonchev–Trinajstić information content (AvgIpc) is 2.49. The Bertz CT molecular complexity index is 576. The molecule has 0 aliphatic heterocycles. The van der Waals surface area contributed by atoms with Gasteiger partial charge < -0.3 is 15.8 Å². The lowest BCUT2D eigenvalue weighted by Gasteiger charge is -2.19. The molecule has 0 spiro atoms. The summed E-state index contributed by atoms with van der Waals surface area (Å²) in [6, 6.07) is 5.25. The van der Waals surface area contributed by atoms with E-state index in [2.05, 4.69) is 32.7 Å². The minimum absolute atomic E-state index is 0.0302. The molecule has 1 aromatic carbocycles. The van der Waals surface area contributed by atoms with E-state index in [1.807, 2.05) is 0 Å². The molecule has 0 radical (unpaired) electrons. The molecule has 5 N–H and O–H groups in total. The molecule has 1 aromatic rings. The zero-order valence-electron chi connectivity index (χ0n) is 13.6. The summed E-state index contributed by atoms with van der Waals surface area (Å²) in [5.41, 5.74) is 7.14. The number of ether oxygens (including phenoxy) is 1. The van der Waals surface area contributed by atoms with Gasteiger partial charge in [0.25, 0.3) is 11.8 Å². The van der Waals surface area contributed by atoms with Crippen LogP contribution in [-0.4, -0.2) is 29.7 Å². The van der Waals surface area contributed by atoms with Crippen molar-refractivity contribution < 1.29 is 19.5 Å². The molecule has 0 fully saturated rings. The van der Waals surface area contributed by atoms with Crippen LogP contribution < -0.4 is 21.3 Å². The monoisotopic (exact) mass is 321 g/mol. The van der Waals surface area contributed by atoms with Crippen molar-refractivity contribution in [3.05, 3.63) is 42.1 Å². The van der Waals surface area contributed by atoms with Crippen molar-refractivity contribution in [2.24, 2.45) is 11.1 Å². The van der Waals surface area contributed by atoms with Crippen molar-refractivity contribution in [2.45, 2.75) is 26.8 Å². The number of benzene rings is 1. The number of nitrogens with one attached hydrogen (secondary N) is 2. The van der Waals surface area contributed by atoms with Crippen LogP contribution in [0.4, 0.5) is 0 Å². The van der Waals surface area contributed by atoms with E-state index >= 15 is 0 Å². The number of carbonyl (C=O) groups is 2. The fourth-order valence-electron chi connectivity index (χ4n) is 1.61. The number of hydrogen-bond donors (Lipinski definition) is 4. The molecule has 1 unspecified atom stereocenters. The van der Waals surface area contributed by atoms with Crippen molar-refractivity contribution in [3.63, 3.8) is 0 Å². The number of carbonyl (C=O) groups excluding carboxylic acids is 2. The van der Waals surface area contributed by atoms with Crippen LogP contribution in [0.25, 0.3) is 0 Å². The van der Waals surface area contributed by atoms with Crippen LogP contribution in [0.2, 0.25) is 0 Å². The first-order valence-corrected chi connectivity index (χ1v) is 7.06. The predicted octanol–water partition coefficient (Wildman–Crippen LogP) is 1.19. The number of amides is 2. The number of rotatable bonds is 6. The third-order valence-corrected chi connectivity index (χ3v) is 2.81. The molecule has 0 aliphatic carbocycles. The Labute approximate surface area is 135 Å². The summed E-state index contributed by atoms with van der Waals surface area (Å²) in [6.45, 7) is 10.1. The van der Waals surface area contributed by atoms with Gasteiger partial charge in [0, 0.05) is 11.3 Å². The van der Waals surface area contributed by atoms with Crippen LogP contribution in [0, 0.1) is 5.41 Å². The molecule has 23 heavy (non-hydrogen) atoms. The van der Waals surface area contributed by atoms with Gasteiger partial charge in [0.2, 0.25) is 0 Å². The third-order valence-electron chi connectivity index (χ3n) is 2.81. The molecule has 2 amide bonds. The molecule has 0 heterocycles. The number of hydroxylamine groups is 1. The van der Waals surface area contributed by atoms with E-state index in [-0.39, 0.29) is 11.1 Å². The van der Waals surface area contributed by atoms with Crippen LogP contribution in [-0.2, 0) is 4.79 Å². The van der Waals surface area contributed by atoms with E-state index in [4.69, 9.17) is 15.7 Å². The Morgan fingerprint density at radius 1 is 1.30 bits per heavy atom. The van der Waals surface area contributed by atoms with E-state index in [0.29, 0.717) is 17.9 Å². The fraction of sp³-hybridized carbons (Fsp3) is 0.375. The van der Waals surface area contributed by atoms with Gasteiger partial charge in [0.15, 0.2) is 0 Å². The minimum Gasteiger partial charge on any atom is -0.493 e. The minimum atomic E-state index is -1.22. The van der Waals surface area contributed by atoms with Crippen LogP contribution >= 0.6 is 0 Å². The lowest BCUT2D eigenvalue weighted by molar-refractivity contribution is -0.130. The molecule has 0 aromatic heterocycles. The van der Waals surface area contributed by atoms with Crippen LogP contribution in [0.15, 0.2) is 36.5 Å². The Balaban J connectivity index is 2.73. The van der Waals surface area contributed by atoms with Gasteiger partial charge in [0.1, 0.15) is 11.8 Å². The highest BCUT2D eigenvalue weighted by Gasteiger charge is 2.22. The molecule has 7 heteroatoms. The second-order valence-corrected chi connectivity index (χ2v) is 6.33. The first-order valence-electron chi connectivity index (χ1n) is 7.06. The molecule has 1 atom stereocenters. The van der Waals surface area contributed by atoms with E-state index in [9.17, 15) is 9.59 Å². The van der Waals surface area contributed by atoms with Gasteiger partial charge in [-0.1, -0.05) is 27.4 Å². The quantitative estimate of drug-likeness (QED) is 0.464. The smallest absolute Gasteiger partial charge is 0.272 e. The molecule has 126 valence electrons. The summed E-state index contributed by atoms with van der Waals surface area (Å²) in [6.07, 6.45) is 0. The van der Waals surface area contributed by atoms with E-state index in [1.165, 1.54) is 5.48 Å². The molecule has 0 saturated heterocycles. The molecule has 7 nitrogen and oxygen atoms in total. The largest absolute Gasteiger partial charge is 0.493 e. The van der Waals surface area contributed by atoms with Crippen molar-refractivity contribution in [1.29, 1.82) is 0 Å². The van der Waals surface area contributed by atoms with Crippen molar-refractivity contribution in [2.75, 3.05) is 6.61 Å². The molecule has 0 aliphatic rings. The van der Waals surface area contributed by atoms with Crippen LogP contribution in [0.5, 0.6) is 5.75 Å². The Hall–Kier alpha value is -2.54. The van der Waals surface area contributed by atoms with Crippen molar-refractivity contribution in [1.82, 2.24) is 10.8 Å².